The molecule has 0 atom stereocenters. The van der Waals surface area contributed by atoms with Crippen LogP contribution in [0.2, 0.25) is 0 Å². The van der Waals surface area contributed by atoms with E-state index in [2.05, 4.69) is 22.0 Å². The summed E-state index contributed by atoms with van der Waals surface area (Å²) in [5, 5.41) is 3.22. The summed E-state index contributed by atoms with van der Waals surface area (Å²) in [6.07, 6.45) is 3.95. The molecule has 92 valence electrons. The summed E-state index contributed by atoms with van der Waals surface area (Å²) < 4.78 is 4.66. The fraction of sp³-hybridized carbons (Fsp3) is 0.500. The molecule has 0 spiro atoms. The van der Waals surface area contributed by atoms with Gasteiger partial charge in [-0.05, 0) is 24.3 Å². The van der Waals surface area contributed by atoms with Crippen molar-refractivity contribution in [1.29, 1.82) is 0 Å². The summed E-state index contributed by atoms with van der Waals surface area (Å²) in [7, 11) is 1.33. The number of pyridine rings is 1. The van der Waals surface area contributed by atoms with Gasteiger partial charge >= 0.3 is 5.97 Å². The highest BCUT2D eigenvalue weighted by Crippen LogP contribution is 2.44. The maximum Gasteiger partial charge on any atom is 0.340 e. The first kappa shape index (κ1) is 11.7. The molecule has 1 aliphatic rings. The lowest BCUT2D eigenvalue weighted by Crippen LogP contribution is -2.14. The lowest BCUT2D eigenvalue weighted by Gasteiger charge is -2.12. The van der Waals surface area contributed by atoms with Crippen LogP contribution in [-0.4, -0.2) is 24.6 Å². The highest BCUT2D eigenvalue weighted by Gasteiger charge is 2.36. The number of nitrogens with one attached hydrogen (secondary N) is 1. The highest BCUT2D eigenvalue weighted by molar-refractivity contribution is 5.95. The number of anilines is 2. The molecular weight excluding hydrogens is 218 g/mol. The van der Waals surface area contributed by atoms with Crippen molar-refractivity contribution in [3.05, 3.63) is 17.8 Å². The van der Waals surface area contributed by atoms with E-state index in [1.807, 2.05) is 0 Å². The zero-order valence-corrected chi connectivity index (χ0v) is 10.1. The van der Waals surface area contributed by atoms with Crippen LogP contribution in [0.1, 0.15) is 30.1 Å². The molecule has 2 rings (SSSR count). The van der Waals surface area contributed by atoms with Crippen LogP contribution in [0, 0.1) is 5.41 Å². The summed E-state index contributed by atoms with van der Waals surface area (Å²) in [4.78, 5) is 15.6. The van der Waals surface area contributed by atoms with E-state index in [0.717, 1.165) is 6.54 Å². The second-order valence-electron chi connectivity index (χ2n) is 4.81. The predicted octanol–water partition coefficient (Wildman–Crippen LogP) is 1.66. The standard InChI is InChI=1S/C12H17N3O2/c1-12(3-4-12)7-15-10-5-8(11(16)17-2)9(13)6-14-10/h5-6H,3-4,7,13H2,1-2H3,(H,14,15). The van der Waals surface area contributed by atoms with Gasteiger partial charge in [0, 0.05) is 6.54 Å². The van der Waals surface area contributed by atoms with Crippen molar-refractivity contribution in [2.24, 2.45) is 5.41 Å². The molecule has 1 fully saturated rings. The maximum atomic E-state index is 11.4. The van der Waals surface area contributed by atoms with E-state index >= 15 is 0 Å². The Morgan fingerprint density at radius 2 is 2.35 bits per heavy atom. The minimum atomic E-state index is -0.439. The molecule has 0 amide bonds. The summed E-state index contributed by atoms with van der Waals surface area (Å²) in [5.74, 6) is 0.221. The van der Waals surface area contributed by atoms with E-state index < -0.39 is 5.97 Å². The number of carbonyl (C=O) groups excluding carboxylic acids is 1. The lowest BCUT2D eigenvalue weighted by atomic mass is 10.1. The molecule has 1 aromatic rings. The average Bonchev–Trinajstić information content (AvgIpc) is 3.06. The summed E-state index contributed by atoms with van der Waals surface area (Å²) in [5.41, 5.74) is 6.74. The largest absolute Gasteiger partial charge is 0.465 e. The lowest BCUT2D eigenvalue weighted by molar-refractivity contribution is 0.0602. The van der Waals surface area contributed by atoms with Gasteiger partial charge in [0.25, 0.3) is 0 Å². The molecule has 0 radical (unpaired) electrons. The minimum Gasteiger partial charge on any atom is -0.465 e. The van der Waals surface area contributed by atoms with E-state index in [1.54, 1.807) is 6.07 Å². The van der Waals surface area contributed by atoms with Crippen LogP contribution < -0.4 is 11.1 Å². The van der Waals surface area contributed by atoms with Crippen LogP contribution in [-0.2, 0) is 4.74 Å². The van der Waals surface area contributed by atoms with Gasteiger partial charge in [-0.15, -0.1) is 0 Å². The number of carbonyl (C=O) groups is 1. The SMILES string of the molecule is COC(=O)c1cc(NCC2(C)CC2)ncc1N. The average molecular weight is 235 g/mol. The first-order valence-electron chi connectivity index (χ1n) is 5.62. The van der Waals surface area contributed by atoms with Gasteiger partial charge in [-0.3, -0.25) is 0 Å². The molecule has 5 heteroatoms. The highest BCUT2D eigenvalue weighted by atomic mass is 16.5. The van der Waals surface area contributed by atoms with Crippen molar-refractivity contribution >= 4 is 17.5 Å². The molecule has 1 aliphatic carbocycles. The van der Waals surface area contributed by atoms with Gasteiger partial charge < -0.3 is 15.8 Å². The van der Waals surface area contributed by atoms with Gasteiger partial charge in [-0.2, -0.15) is 0 Å². The van der Waals surface area contributed by atoms with Crippen LogP contribution in [0.4, 0.5) is 11.5 Å². The molecule has 0 unspecified atom stereocenters. The number of nitrogen functional groups attached to an aromatic ring is 1. The molecular formula is C12H17N3O2. The Hall–Kier alpha value is -1.78. The molecule has 1 heterocycles. The van der Waals surface area contributed by atoms with Gasteiger partial charge in [0.1, 0.15) is 5.82 Å². The van der Waals surface area contributed by atoms with Crippen molar-refractivity contribution in [3.8, 4) is 0 Å². The zero-order chi connectivity index (χ0) is 12.5. The number of hydrogen-bond donors (Lipinski definition) is 2. The van der Waals surface area contributed by atoms with Crippen molar-refractivity contribution < 1.29 is 9.53 Å². The summed E-state index contributed by atoms with van der Waals surface area (Å²) in [6.45, 7) is 3.09. The van der Waals surface area contributed by atoms with E-state index in [-0.39, 0.29) is 0 Å². The number of rotatable bonds is 4. The Kier molecular flexibility index (Phi) is 2.92. The fourth-order valence-electron chi connectivity index (χ4n) is 1.54. The normalized spacial score (nSPS) is 16.4. The Bertz CT molecular complexity index is 441. The van der Waals surface area contributed by atoms with Crippen molar-refractivity contribution in [2.75, 3.05) is 24.7 Å². The minimum absolute atomic E-state index is 0.333. The van der Waals surface area contributed by atoms with Gasteiger partial charge in [0.2, 0.25) is 0 Å². The molecule has 1 aromatic heterocycles. The van der Waals surface area contributed by atoms with Crippen molar-refractivity contribution in [1.82, 2.24) is 4.98 Å². The maximum absolute atomic E-state index is 11.4. The Labute approximate surface area is 100 Å². The van der Waals surface area contributed by atoms with E-state index in [9.17, 15) is 4.79 Å². The number of ether oxygens (including phenoxy) is 1. The van der Waals surface area contributed by atoms with E-state index in [1.165, 1.54) is 26.1 Å². The van der Waals surface area contributed by atoms with Crippen LogP contribution >= 0.6 is 0 Å². The molecule has 0 bridgehead atoms. The van der Waals surface area contributed by atoms with Crippen LogP contribution in [0.3, 0.4) is 0 Å². The number of methoxy groups -OCH3 is 1. The molecule has 0 aliphatic heterocycles. The fourth-order valence-corrected chi connectivity index (χ4v) is 1.54. The van der Waals surface area contributed by atoms with Gasteiger partial charge in [-0.1, -0.05) is 6.92 Å². The Morgan fingerprint density at radius 1 is 1.65 bits per heavy atom. The molecule has 0 aromatic carbocycles. The van der Waals surface area contributed by atoms with Crippen molar-refractivity contribution in [2.45, 2.75) is 19.8 Å². The smallest absolute Gasteiger partial charge is 0.340 e. The summed E-state index contributed by atoms with van der Waals surface area (Å²) >= 11 is 0. The van der Waals surface area contributed by atoms with Crippen LogP contribution in [0.5, 0.6) is 0 Å². The topological polar surface area (TPSA) is 77.2 Å². The van der Waals surface area contributed by atoms with Crippen LogP contribution in [0.25, 0.3) is 0 Å². The second kappa shape index (κ2) is 4.24. The van der Waals surface area contributed by atoms with Crippen LogP contribution in [0.15, 0.2) is 12.3 Å². The third-order valence-corrected chi connectivity index (χ3v) is 3.14. The second-order valence-corrected chi connectivity index (χ2v) is 4.81. The molecule has 0 saturated heterocycles. The Balaban J connectivity index is 2.10. The molecule has 17 heavy (non-hydrogen) atoms. The van der Waals surface area contributed by atoms with E-state index in [4.69, 9.17) is 5.73 Å². The number of aromatic nitrogens is 1. The summed E-state index contributed by atoms with van der Waals surface area (Å²) in [6, 6.07) is 1.63. The van der Waals surface area contributed by atoms with Gasteiger partial charge in [0.05, 0.1) is 24.6 Å². The van der Waals surface area contributed by atoms with Gasteiger partial charge in [-0.25, -0.2) is 9.78 Å². The van der Waals surface area contributed by atoms with E-state index in [0.29, 0.717) is 22.5 Å². The first-order chi connectivity index (χ1) is 8.04. The molecule has 3 N–H and O–H groups in total. The first-order valence-corrected chi connectivity index (χ1v) is 5.62. The van der Waals surface area contributed by atoms with Gasteiger partial charge in [0.15, 0.2) is 0 Å². The third-order valence-electron chi connectivity index (χ3n) is 3.14. The van der Waals surface area contributed by atoms with Crippen molar-refractivity contribution in [3.63, 3.8) is 0 Å². The third kappa shape index (κ3) is 2.67. The quantitative estimate of drug-likeness (QED) is 0.776. The zero-order valence-electron chi connectivity index (χ0n) is 10.1. The predicted molar refractivity (Wildman–Crippen MR) is 65.8 cm³/mol. The number of nitrogens with two attached hydrogens (primary N) is 1. The number of esters is 1. The number of nitrogens with zero attached hydrogens (tertiary/aromatic N) is 1. The monoisotopic (exact) mass is 235 g/mol. The Morgan fingerprint density at radius 3 is 2.94 bits per heavy atom. The number of hydrogen-bond acceptors (Lipinski definition) is 5. The molecule has 1 saturated carbocycles. The molecule has 5 nitrogen and oxygen atoms in total.